The highest BCUT2D eigenvalue weighted by molar-refractivity contribution is 5.58. The van der Waals surface area contributed by atoms with Crippen LogP contribution in [0.4, 0.5) is 11.6 Å². The van der Waals surface area contributed by atoms with Crippen LogP contribution in [0, 0.1) is 19.8 Å². The second-order valence-electron chi connectivity index (χ2n) is 5.82. The largest absolute Gasteiger partial charge is 0.370 e. The summed E-state index contributed by atoms with van der Waals surface area (Å²) in [6.07, 6.45) is 5.28. The first kappa shape index (κ1) is 15.1. The van der Waals surface area contributed by atoms with E-state index >= 15 is 0 Å². The van der Waals surface area contributed by atoms with Crippen LogP contribution >= 0.6 is 0 Å². The maximum atomic E-state index is 4.69. The Labute approximate surface area is 123 Å². The lowest BCUT2D eigenvalue weighted by Crippen LogP contribution is -2.35. The van der Waals surface area contributed by atoms with E-state index in [0.29, 0.717) is 0 Å². The molecule has 0 radical (unpaired) electrons. The van der Waals surface area contributed by atoms with E-state index in [1.54, 1.807) is 0 Å². The summed E-state index contributed by atoms with van der Waals surface area (Å²) in [5.41, 5.74) is 1.19. The smallest absolute Gasteiger partial charge is 0.137 e. The van der Waals surface area contributed by atoms with Gasteiger partial charge in [0, 0.05) is 25.2 Å². The maximum absolute atomic E-state index is 4.69. The minimum Gasteiger partial charge on any atom is -0.370 e. The molecular weight excluding hydrogens is 248 g/mol. The average molecular weight is 276 g/mol. The highest BCUT2D eigenvalue weighted by Gasteiger charge is 2.22. The molecule has 4 heteroatoms. The summed E-state index contributed by atoms with van der Waals surface area (Å²) in [7, 11) is 0. The molecule has 1 aliphatic rings. The molecule has 1 aliphatic heterocycles. The number of nitrogens with zero attached hydrogens (tertiary/aromatic N) is 3. The fourth-order valence-corrected chi connectivity index (χ4v) is 3.10. The number of rotatable bonds is 5. The van der Waals surface area contributed by atoms with Crippen molar-refractivity contribution in [2.45, 2.75) is 53.4 Å². The van der Waals surface area contributed by atoms with E-state index in [1.165, 1.54) is 31.2 Å². The van der Waals surface area contributed by atoms with Crippen LogP contribution in [-0.2, 0) is 0 Å². The third-order valence-electron chi connectivity index (χ3n) is 4.19. The second kappa shape index (κ2) is 6.91. The quantitative estimate of drug-likeness (QED) is 0.893. The van der Waals surface area contributed by atoms with Crippen molar-refractivity contribution >= 4 is 11.6 Å². The molecule has 4 nitrogen and oxygen atoms in total. The van der Waals surface area contributed by atoms with E-state index in [2.05, 4.69) is 41.0 Å². The van der Waals surface area contributed by atoms with Gasteiger partial charge in [0.2, 0.25) is 0 Å². The predicted molar refractivity (Wildman–Crippen MR) is 85.5 cm³/mol. The lowest BCUT2D eigenvalue weighted by atomic mass is 9.92. The van der Waals surface area contributed by atoms with Gasteiger partial charge in [-0.3, -0.25) is 0 Å². The molecule has 0 atom stereocenters. The van der Waals surface area contributed by atoms with Crippen molar-refractivity contribution in [3.8, 4) is 0 Å². The van der Waals surface area contributed by atoms with Crippen LogP contribution in [0.15, 0.2) is 0 Å². The van der Waals surface area contributed by atoms with Crippen molar-refractivity contribution in [1.29, 1.82) is 0 Å². The number of nitrogens with one attached hydrogen (secondary N) is 1. The van der Waals surface area contributed by atoms with Gasteiger partial charge in [0.25, 0.3) is 0 Å². The summed E-state index contributed by atoms with van der Waals surface area (Å²) in [5, 5.41) is 3.35. The molecule has 0 aliphatic carbocycles. The van der Waals surface area contributed by atoms with Crippen molar-refractivity contribution in [2.75, 3.05) is 29.9 Å². The van der Waals surface area contributed by atoms with E-state index < -0.39 is 0 Å². The normalized spacial score (nSPS) is 16.5. The van der Waals surface area contributed by atoms with Gasteiger partial charge in [-0.1, -0.05) is 19.8 Å². The van der Waals surface area contributed by atoms with Crippen LogP contribution in [0.25, 0.3) is 0 Å². The molecule has 1 aromatic rings. The summed E-state index contributed by atoms with van der Waals surface area (Å²) in [4.78, 5) is 11.6. The molecule has 0 aromatic carbocycles. The number of piperidine rings is 1. The summed E-state index contributed by atoms with van der Waals surface area (Å²) in [6, 6.07) is 0. The number of aromatic nitrogens is 2. The fourth-order valence-electron chi connectivity index (χ4n) is 3.10. The molecule has 0 saturated carbocycles. The number of anilines is 2. The van der Waals surface area contributed by atoms with Gasteiger partial charge in [0.15, 0.2) is 0 Å². The molecule has 112 valence electrons. The van der Waals surface area contributed by atoms with E-state index in [0.717, 1.165) is 43.0 Å². The molecule has 0 spiro atoms. The Morgan fingerprint density at radius 2 is 1.85 bits per heavy atom. The third kappa shape index (κ3) is 3.41. The Morgan fingerprint density at radius 3 is 2.45 bits per heavy atom. The zero-order valence-electron chi connectivity index (χ0n) is 13.4. The summed E-state index contributed by atoms with van der Waals surface area (Å²) in [5.74, 6) is 3.89. The van der Waals surface area contributed by atoms with Crippen molar-refractivity contribution in [2.24, 2.45) is 5.92 Å². The Bertz CT molecular complexity index is 436. The number of hydrogen-bond donors (Lipinski definition) is 1. The van der Waals surface area contributed by atoms with E-state index in [1.807, 2.05) is 6.92 Å². The zero-order chi connectivity index (χ0) is 14.5. The highest BCUT2D eigenvalue weighted by Crippen LogP contribution is 2.29. The van der Waals surface area contributed by atoms with E-state index in [4.69, 9.17) is 0 Å². The SMILES string of the molecule is CCCC1CCN(c2nc(C)nc(NCC)c2C)CC1. The number of hydrogen-bond acceptors (Lipinski definition) is 4. The Kier molecular flexibility index (Phi) is 5.21. The molecule has 2 rings (SSSR count). The molecule has 1 N–H and O–H groups in total. The van der Waals surface area contributed by atoms with Crippen LogP contribution in [0.3, 0.4) is 0 Å². The van der Waals surface area contributed by atoms with Crippen molar-refractivity contribution < 1.29 is 0 Å². The fraction of sp³-hybridized carbons (Fsp3) is 0.750. The van der Waals surface area contributed by atoms with Crippen LogP contribution in [0.5, 0.6) is 0 Å². The summed E-state index contributed by atoms with van der Waals surface area (Å²) in [6.45, 7) is 11.7. The van der Waals surface area contributed by atoms with Gasteiger partial charge in [-0.15, -0.1) is 0 Å². The molecular formula is C16H28N4. The van der Waals surface area contributed by atoms with Gasteiger partial charge in [0.05, 0.1) is 0 Å². The van der Waals surface area contributed by atoms with Gasteiger partial charge in [-0.25, -0.2) is 9.97 Å². The first-order chi connectivity index (χ1) is 9.65. The van der Waals surface area contributed by atoms with Crippen molar-refractivity contribution in [3.05, 3.63) is 11.4 Å². The lowest BCUT2D eigenvalue weighted by molar-refractivity contribution is 0.377. The Morgan fingerprint density at radius 1 is 1.15 bits per heavy atom. The van der Waals surface area contributed by atoms with Crippen LogP contribution in [0.2, 0.25) is 0 Å². The van der Waals surface area contributed by atoms with Crippen LogP contribution in [0.1, 0.15) is 50.9 Å². The topological polar surface area (TPSA) is 41.1 Å². The zero-order valence-corrected chi connectivity index (χ0v) is 13.4. The molecule has 0 unspecified atom stereocenters. The molecule has 20 heavy (non-hydrogen) atoms. The van der Waals surface area contributed by atoms with Gasteiger partial charge in [-0.2, -0.15) is 0 Å². The minimum absolute atomic E-state index is 0.859. The molecule has 1 saturated heterocycles. The summed E-state index contributed by atoms with van der Waals surface area (Å²) < 4.78 is 0. The van der Waals surface area contributed by atoms with Gasteiger partial charge >= 0.3 is 0 Å². The van der Waals surface area contributed by atoms with E-state index in [-0.39, 0.29) is 0 Å². The van der Waals surface area contributed by atoms with Crippen molar-refractivity contribution in [3.63, 3.8) is 0 Å². The van der Waals surface area contributed by atoms with E-state index in [9.17, 15) is 0 Å². The molecule has 1 fully saturated rings. The standard InChI is InChI=1S/C16H28N4/c1-5-7-14-8-10-20(11-9-14)16-12(3)15(17-6-2)18-13(4)19-16/h14H,5-11H2,1-4H3,(H,17,18,19). The molecule has 2 heterocycles. The predicted octanol–water partition coefficient (Wildman–Crippen LogP) is 3.54. The van der Waals surface area contributed by atoms with Gasteiger partial charge in [0.1, 0.15) is 17.5 Å². The Balaban J connectivity index is 2.13. The average Bonchev–Trinajstić information content (AvgIpc) is 2.44. The van der Waals surface area contributed by atoms with Crippen LogP contribution in [-0.4, -0.2) is 29.6 Å². The monoisotopic (exact) mass is 276 g/mol. The molecule has 0 bridgehead atoms. The highest BCUT2D eigenvalue weighted by atomic mass is 15.2. The van der Waals surface area contributed by atoms with Gasteiger partial charge < -0.3 is 10.2 Å². The molecule has 0 amide bonds. The maximum Gasteiger partial charge on any atom is 0.137 e. The Hall–Kier alpha value is -1.32. The third-order valence-corrected chi connectivity index (χ3v) is 4.19. The summed E-state index contributed by atoms with van der Waals surface area (Å²) >= 11 is 0. The second-order valence-corrected chi connectivity index (χ2v) is 5.82. The van der Waals surface area contributed by atoms with Crippen LogP contribution < -0.4 is 10.2 Å². The van der Waals surface area contributed by atoms with Gasteiger partial charge in [-0.05, 0) is 39.5 Å². The first-order valence-corrected chi connectivity index (χ1v) is 7.99. The van der Waals surface area contributed by atoms with Crippen molar-refractivity contribution in [1.82, 2.24) is 9.97 Å². The first-order valence-electron chi connectivity index (χ1n) is 7.99. The lowest BCUT2D eigenvalue weighted by Gasteiger charge is -2.34. The minimum atomic E-state index is 0.859. The molecule has 1 aromatic heterocycles. The number of aryl methyl sites for hydroxylation is 1.